The summed E-state index contributed by atoms with van der Waals surface area (Å²) in [6, 6.07) is 0. The smallest absolute Gasteiger partial charge is 0.0826 e. The monoisotopic (exact) mass is 227 g/mol. The first kappa shape index (κ1) is 14.0. The molecule has 3 unspecified atom stereocenters. The van der Waals surface area contributed by atoms with E-state index in [2.05, 4.69) is 20.8 Å². The summed E-state index contributed by atoms with van der Waals surface area (Å²) in [5.74, 6) is 1.10. The summed E-state index contributed by atoms with van der Waals surface area (Å²) in [6.45, 7) is 8.49. The predicted molar refractivity (Wildman–Crippen MR) is 69.2 cm³/mol. The van der Waals surface area contributed by atoms with Gasteiger partial charge in [0.1, 0.15) is 0 Å². The van der Waals surface area contributed by atoms with E-state index in [4.69, 9.17) is 5.73 Å². The maximum Gasteiger partial charge on any atom is 0.0826 e. The third-order valence-electron chi connectivity index (χ3n) is 4.95. The highest BCUT2D eigenvalue weighted by Crippen LogP contribution is 2.40. The van der Waals surface area contributed by atoms with Crippen LogP contribution in [0.3, 0.4) is 0 Å². The van der Waals surface area contributed by atoms with Crippen LogP contribution in [0.25, 0.3) is 0 Å². The van der Waals surface area contributed by atoms with Crippen LogP contribution in [-0.2, 0) is 0 Å². The lowest BCUT2D eigenvalue weighted by atomic mass is 9.70. The number of aliphatic hydroxyl groups is 1. The number of nitrogens with two attached hydrogens (primary N) is 1. The van der Waals surface area contributed by atoms with Crippen LogP contribution in [0.4, 0.5) is 0 Å². The molecule has 0 aromatic rings. The molecule has 0 saturated heterocycles. The van der Waals surface area contributed by atoms with Gasteiger partial charge in [-0.15, -0.1) is 0 Å². The van der Waals surface area contributed by atoms with Gasteiger partial charge in [0.25, 0.3) is 0 Å². The quantitative estimate of drug-likeness (QED) is 0.728. The van der Waals surface area contributed by atoms with Gasteiger partial charge < -0.3 is 10.8 Å². The number of hydrogen-bond acceptors (Lipinski definition) is 2. The van der Waals surface area contributed by atoms with Crippen LogP contribution in [0.2, 0.25) is 0 Å². The van der Waals surface area contributed by atoms with Gasteiger partial charge in [-0.05, 0) is 38.0 Å². The molecule has 0 bridgehead atoms. The zero-order valence-corrected chi connectivity index (χ0v) is 11.4. The van der Waals surface area contributed by atoms with Crippen molar-refractivity contribution in [3.05, 3.63) is 0 Å². The summed E-state index contributed by atoms with van der Waals surface area (Å²) in [4.78, 5) is 0. The Balaban J connectivity index is 2.77. The minimum absolute atomic E-state index is 0.315. The molecule has 0 aromatic carbocycles. The van der Waals surface area contributed by atoms with E-state index in [0.29, 0.717) is 5.92 Å². The highest BCUT2D eigenvalue weighted by atomic mass is 16.3. The molecule has 16 heavy (non-hydrogen) atoms. The number of rotatable bonds is 3. The van der Waals surface area contributed by atoms with E-state index >= 15 is 0 Å². The van der Waals surface area contributed by atoms with Crippen molar-refractivity contribution in [1.82, 2.24) is 0 Å². The van der Waals surface area contributed by atoms with E-state index < -0.39 is 11.1 Å². The predicted octanol–water partition coefficient (Wildman–Crippen LogP) is 3.08. The van der Waals surface area contributed by atoms with Crippen molar-refractivity contribution in [3.63, 3.8) is 0 Å². The lowest BCUT2D eigenvalue weighted by Gasteiger charge is -2.45. The topological polar surface area (TPSA) is 46.2 Å². The van der Waals surface area contributed by atoms with Gasteiger partial charge in [0, 0.05) is 5.54 Å². The fraction of sp³-hybridized carbons (Fsp3) is 1.00. The van der Waals surface area contributed by atoms with Gasteiger partial charge in [-0.3, -0.25) is 0 Å². The summed E-state index contributed by atoms with van der Waals surface area (Å²) < 4.78 is 0. The molecule has 2 heteroatoms. The Morgan fingerprint density at radius 2 is 2.00 bits per heavy atom. The average Bonchev–Trinajstić information content (AvgIpc) is 2.41. The second kappa shape index (κ2) is 5.05. The zero-order valence-electron chi connectivity index (χ0n) is 11.4. The molecule has 96 valence electrons. The molecular weight excluding hydrogens is 198 g/mol. The maximum atomic E-state index is 10.8. The van der Waals surface area contributed by atoms with Crippen molar-refractivity contribution in [2.24, 2.45) is 17.6 Å². The molecule has 0 aliphatic heterocycles. The minimum Gasteiger partial charge on any atom is -0.388 e. The van der Waals surface area contributed by atoms with Crippen LogP contribution in [0.1, 0.15) is 66.2 Å². The second-order valence-corrected chi connectivity index (χ2v) is 6.17. The van der Waals surface area contributed by atoms with Gasteiger partial charge in [0.2, 0.25) is 0 Å². The third-order valence-corrected chi connectivity index (χ3v) is 4.95. The Morgan fingerprint density at radius 1 is 1.38 bits per heavy atom. The molecule has 1 aliphatic carbocycles. The molecule has 1 fully saturated rings. The first-order valence-electron chi connectivity index (χ1n) is 6.84. The summed E-state index contributed by atoms with van der Waals surface area (Å²) >= 11 is 0. The van der Waals surface area contributed by atoms with Crippen molar-refractivity contribution in [2.45, 2.75) is 77.4 Å². The van der Waals surface area contributed by atoms with Gasteiger partial charge in [-0.25, -0.2) is 0 Å². The molecule has 3 atom stereocenters. The van der Waals surface area contributed by atoms with E-state index in [0.717, 1.165) is 31.6 Å². The van der Waals surface area contributed by atoms with Crippen molar-refractivity contribution in [2.75, 3.05) is 0 Å². The van der Waals surface area contributed by atoms with Crippen LogP contribution in [-0.4, -0.2) is 16.2 Å². The molecule has 1 rings (SSSR count). The molecule has 0 radical (unpaired) electrons. The third kappa shape index (κ3) is 2.60. The summed E-state index contributed by atoms with van der Waals surface area (Å²) in [7, 11) is 0. The molecular formula is C14H29NO. The second-order valence-electron chi connectivity index (χ2n) is 6.17. The Labute approximate surface area is 101 Å². The lowest BCUT2D eigenvalue weighted by molar-refractivity contribution is -0.0603. The molecule has 0 heterocycles. The summed E-state index contributed by atoms with van der Waals surface area (Å²) in [6.07, 6.45) is 6.48. The average molecular weight is 227 g/mol. The van der Waals surface area contributed by atoms with E-state index in [1.54, 1.807) is 0 Å². The first-order chi connectivity index (χ1) is 7.33. The molecule has 1 saturated carbocycles. The van der Waals surface area contributed by atoms with Crippen molar-refractivity contribution < 1.29 is 5.11 Å². The Kier molecular flexibility index (Phi) is 4.42. The standard InChI is InChI=1S/C14H29NO/c1-5-12-7-6-9-14(16,10-8-12)13(4,15)11(2)3/h11-12,16H,5-10,15H2,1-4H3. The molecule has 3 N–H and O–H groups in total. The first-order valence-corrected chi connectivity index (χ1v) is 6.84. The molecule has 0 aromatic heterocycles. The van der Waals surface area contributed by atoms with Crippen molar-refractivity contribution in [3.8, 4) is 0 Å². The van der Waals surface area contributed by atoms with Gasteiger partial charge in [0.05, 0.1) is 5.60 Å². The minimum atomic E-state index is -0.662. The van der Waals surface area contributed by atoms with Crippen LogP contribution in [0, 0.1) is 11.8 Å². The van der Waals surface area contributed by atoms with Gasteiger partial charge in [0.15, 0.2) is 0 Å². The molecule has 2 nitrogen and oxygen atoms in total. The van der Waals surface area contributed by atoms with E-state index in [-0.39, 0.29) is 0 Å². The maximum absolute atomic E-state index is 10.8. The Morgan fingerprint density at radius 3 is 2.50 bits per heavy atom. The largest absolute Gasteiger partial charge is 0.388 e. The van der Waals surface area contributed by atoms with Gasteiger partial charge >= 0.3 is 0 Å². The van der Waals surface area contributed by atoms with E-state index in [1.165, 1.54) is 12.8 Å². The van der Waals surface area contributed by atoms with Crippen LogP contribution < -0.4 is 5.73 Å². The highest BCUT2D eigenvalue weighted by Gasteiger charge is 2.46. The van der Waals surface area contributed by atoms with Crippen molar-refractivity contribution in [1.29, 1.82) is 0 Å². The van der Waals surface area contributed by atoms with Gasteiger partial charge in [-0.2, -0.15) is 0 Å². The molecule has 0 amide bonds. The fourth-order valence-corrected chi connectivity index (χ4v) is 2.88. The van der Waals surface area contributed by atoms with Gasteiger partial charge in [-0.1, -0.05) is 40.0 Å². The van der Waals surface area contributed by atoms with Crippen LogP contribution >= 0.6 is 0 Å². The fourth-order valence-electron chi connectivity index (χ4n) is 2.88. The van der Waals surface area contributed by atoms with Crippen molar-refractivity contribution >= 4 is 0 Å². The highest BCUT2D eigenvalue weighted by molar-refractivity contribution is 5.03. The Hall–Kier alpha value is -0.0800. The van der Waals surface area contributed by atoms with Crippen LogP contribution in [0.15, 0.2) is 0 Å². The number of hydrogen-bond donors (Lipinski definition) is 2. The lowest BCUT2D eigenvalue weighted by Crippen LogP contribution is -2.61. The SMILES string of the molecule is CCC1CCCC(O)(C(C)(N)C(C)C)CC1. The summed E-state index contributed by atoms with van der Waals surface area (Å²) in [5, 5.41) is 10.8. The Bertz CT molecular complexity index is 225. The normalized spacial score (nSPS) is 35.8. The summed E-state index contributed by atoms with van der Waals surface area (Å²) in [5.41, 5.74) is 5.25. The molecule has 0 spiro atoms. The van der Waals surface area contributed by atoms with Crippen LogP contribution in [0.5, 0.6) is 0 Å². The molecule has 1 aliphatic rings. The van der Waals surface area contributed by atoms with E-state index in [9.17, 15) is 5.11 Å². The zero-order chi connectivity index (χ0) is 12.4. The van der Waals surface area contributed by atoms with E-state index in [1.807, 2.05) is 6.92 Å².